The maximum atomic E-state index is 5.96. The summed E-state index contributed by atoms with van der Waals surface area (Å²) >= 11 is 0. The van der Waals surface area contributed by atoms with Crippen molar-refractivity contribution >= 4 is 0 Å². The first-order chi connectivity index (χ1) is 8.13. The maximum Gasteiger partial charge on any atom is 0.115 e. The van der Waals surface area contributed by atoms with Gasteiger partial charge in [-0.25, -0.2) is 0 Å². The van der Waals surface area contributed by atoms with Crippen LogP contribution in [0, 0.1) is 5.92 Å². The normalized spacial score (nSPS) is 18.9. The summed E-state index contributed by atoms with van der Waals surface area (Å²) in [6, 6.07) is 0. The van der Waals surface area contributed by atoms with E-state index in [1.807, 2.05) is 19.1 Å². The van der Waals surface area contributed by atoms with Crippen molar-refractivity contribution in [1.82, 2.24) is 5.32 Å². The van der Waals surface area contributed by atoms with Crippen molar-refractivity contribution in [2.45, 2.75) is 39.7 Å². The number of hydrogen-bond donors (Lipinski definition) is 1. The highest BCUT2D eigenvalue weighted by atomic mass is 16.5. The van der Waals surface area contributed by atoms with Crippen LogP contribution in [-0.4, -0.2) is 19.2 Å². The Labute approximate surface area is 105 Å². The molecule has 1 aliphatic rings. The summed E-state index contributed by atoms with van der Waals surface area (Å²) in [6.07, 6.45) is 8.66. The van der Waals surface area contributed by atoms with E-state index in [-0.39, 0.29) is 0 Å². The van der Waals surface area contributed by atoms with Gasteiger partial charge in [-0.3, -0.25) is 0 Å². The lowest BCUT2D eigenvalue weighted by Crippen LogP contribution is -2.32. The van der Waals surface area contributed by atoms with Gasteiger partial charge in [-0.15, -0.1) is 0 Å². The van der Waals surface area contributed by atoms with Gasteiger partial charge in [-0.1, -0.05) is 32.1 Å². The molecule has 1 saturated heterocycles. The van der Waals surface area contributed by atoms with Crippen LogP contribution in [0.15, 0.2) is 36.1 Å². The molecule has 0 aliphatic carbocycles. The molecular formula is C15H25NO. The average Bonchev–Trinajstić information content (AvgIpc) is 2.35. The fraction of sp³-hybridized carbons (Fsp3) is 0.600. The number of allylic oxidation sites excluding steroid dienone is 4. The predicted octanol–water partition coefficient (Wildman–Crippen LogP) is 3.43. The number of piperidine rings is 1. The summed E-state index contributed by atoms with van der Waals surface area (Å²) in [5.74, 6) is 1.45. The van der Waals surface area contributed by atoms with Gasteiger partial charge in [0.1, 0.15) is 11.9 Å². The largest absolute Gasteiger partial charge is 0.491 e. The first-order valence-corrected chi connectivity index (χ1v) is 6.54. The molecule has 0 radical (unpaired) electrons. The molecule has 0 aromatic rings. The Morgan fingerprint density at radius 1 is 1.29 bits per heavy atom. The third-order valence-electron chi connectivity index (χ3n) is 3.08. The lowest BCUT2D eigenvalue weighted by Gasteiger charge is -2.24. The Bertz CT molecular complexity index is 296. The van der Waals surface area contributed by atoms with Crippen molar-refractivity contribution < 1.29 is 4.74 Å². The minimum Gasteiger partial charge on any atom is -0.491 e. The summed E-state index contributed by atoms with van der Waals surface area (Å²) in [5, 5.41) is 3.34. The van der Waals surface area contributed by atoms with E-state index in [0.29, 0.717) is 12.0 Å². The van der Waals surface area contributed by atoms with Gasteiger partial charge >= 0.3 is 0 Å². The molecule has 1 fully saturated rings. The fourth-order valence-corrected chi connectivity index (χ4v) is 1.69. The van der Waals surface area contributed by atoms with Crippen molar-refractivity contribution in [3.8, 4) is 0 Å². The highest BCUT2D eigenvalue weighted by molar-refractivity contribution is 5.23. The molecule has 1 heterocycles. The van der Waals surface area contributed by atoms with E-state index >= 15 is 0 Å². The molecule has 0 saturated carbocycles. The molecule has 1 N–H and O–H groups in total. The second kappa shape index (κ2) is 7.33. The molecule has 1 aliphatic heterocycles. The summed E-state index contributed by atoms with van der Waals surface area (Å²) in [5.41, 5.74) is 1.14. The summed E-state index contributed by atoms with van der Waals surface area (Å²) in [7, 11) is 0. The van der Waals surface area contributed by atoms with Crippen molar-refractivity contribution in [2.75, 3.05) is 13.1 Å². The van der Waals surface area contributed by atoms with Crippen molar-refractivity contribution in [2.24, 2.45) is 5.92 Å². The van der Waals surface area contributed by atoms with Crippen LogP contribution < -0.4 is 5.32 Å². The van der Waals surface area contributed by atoms with Crippen LogP contribution in [0.3, 0.4) is 0 Å². The fourth-order valence-electron chi connectivity index (χ4n) is 1.69. The highest BCUT2D eigenvalue weighted by Crippen LogP contribution is 2.15. The van der Waals surface area contributed by atoms with Crippen LogP contribution in [0.1, 0.15) is 33.6 Å². The third kappa shape index (κ3) is 5.22. The SMILES string of the molecule is C=C(/C=C\C(=C/C)OC1CCNCC1)C(C)C. The second-order valence-electron chi connectivity index (χ2n) is 4.82. The molecule has 2 heteroatoms. The van der Waals surface area contributed by atoms with Crippen LogP contribution in [0.25, 0.3) is 0 Å². The molecule has 0 bridgehead atoms. The van der Waals surface area contributed by atoms with Crippen LogP contribution in [-0.2, 0) is 4.74 Å². The van der Waals surface area contributed by atoms with Gasteiger partial charge < -0.3 is 10.1 Å². The van der Waals surface area contributed by atoms with Crippen molar-refractivity contribution in [3.05, 3.63) is 36.1 Å². The van der Waals surface area contributed by atoms with Crippen molar-refractivity contribution in [3.63, 3.8) is 0 Å². The predicted molar refractivity (Wildman–Crippen MR) is 73.9 cm³/mol. The van der Waals surface area contributed by atoms with Crippen LogP contribution in [0.4, 0.5) is 0 Å². The summed E-state index contributed by atoms with van der Waals surface area (Å²) in [6.45, 7) is 12.5. The van der Waals surface area contributed by atoms with E-state index in [1.54, 1.807) is 0 Å². The van der Waals surface area contributed by atoms with Crippen molar-refractivity contribution in [1.29, 1.82) is 0 Å². The zero-order valence-electron chi connectivity index (χ0n) is 11.3. The van der Waals surface area contributed by atoms with E-state index in [9.17, 15) is 0 Å². The average molecular weight is 235 g/mol. The molecule has 2 nitrogen and oxygen atoms in total. The molecule has 0 aromatic carbocycles. The van der Waals surface area contributed by atoms with Crippen LogP contribution >= 0.6 is 0 Å². The Morgan fingerprint density at radius 3 is 2.47 bits per heavy atom. The number of rotatable bonds is 5. The van der Waals surface area contributed by atoms with E-state index in [1.165, 1.54) is 0 Å². The van der Waals surface area contributed by atoms with E-state index in [2.05, 4.69) is 31.8 Å². The van der Waals surface area contributed by atoms with Gasteiger partial charge in [-0.05, 0) is 50.9 Å². The molecule has 96 valence electrons. The standard InChI is InChI=1S/C15H25NO/c1-5-14(7-6-13(4)12(2)3)17-15-8-10-16-11-9-15/h5-7,12,15-16H,4,8-11H2,1-3H3/b7-6-,14-5+. The molecular weight excluding hydrogens is 210 g/mol. The lowest BCUT2D eigenvalue weighted by atomic mass is 10.1. The quantitative estimate of drug-likeness (QED) is 0.582. The van der Waals surface area contributed by atoms with E-state index < -0.39 is 0 Å². The Kier molecular flexibility index (Phi) is 6.06. The molecule has 0 aromatic heterocycles. The Hall–Kier alpha value is -1.02. The van der Waals surface area contributed by atoms with Gasteiger partial charge in [0, 0.05) is 0 Å². The third-order valence-corrected chi connectivity index (χ3v) is 3.08. The van der Waals surface area contributed by atoms with E-state index in [0.717, 1.165) is 37.3 Å². The maximum absolute atomic E-state index is 5.96. The topological polar surface area (TPSA) is 21.3 Å². The highest BCUT2D eigenvalue weighted by Gasteiger charge is 2.14. The minimum atomic E-state index is 0.361. The molecule has 17 heavy (non-hydrogen) atoms. The summed E-state index contributed by atoms with van der Waals surface area (Å²) in [4.78, 5) is 0. The first-order valence-electron chi connectivity index (χ1n) is 6.54. The Balaban J connectivity index is 2.46. The van der Waals surface area contributed by atoms with Crippen LogP contribution in [0.5, 0.6) is 0 Å². The molecule has 0 amide bonds. The minimum absolute atomic E-state index is 0.361. The smallest absolute Gasteiger partial charge is 0.115 e. The molecule has 0 spiro atoms. The Morgan fingerprint density at radius 2 is 1.94 bits per heavy atom. The van der Waals surface area contributed by atoms with Gasteiger partial charge in [0.15, 0.2) is 0 Å². The zero-order chi connectivity index (χ0) is 12.7. The lowest BCUT2D eigenvalue weighted by molar-refractivity contribution is 0.0957. The van der Waals surface area contributed by atoms with Gasteiger partial charge in [0.2, 0.25) is 0 Å². The molecule has 0 unspecified atom stereocenters. The zero-order valence-corrected chi connectivity index (χ0v) is 11.3. The number of nitrogens with one attached hydrogen (secondary N) is 1. The van der Waals surface area contributed by atoms with Gasteiger partial charge in [0.25, 0.3) is 0 Å². The molecule has 0 atom stereocenters. The van der Waals surface area contributed by atoms with Gasteiger partial charge in [-0.2, -0.15) is 0 Å². The molecule has 1 rings (SSSR count). The monoisotopic (exact) mass is 235 g/mol. The summed E-state index contributed by atoms with van der Waals surface area (Å²) < 4.78 is 5.96. The number of hydrogen-bond acceptors (Lipinski definition) is 2. The van der Waals surface area contributed by atoms with E-state index in [4.69, 9.17) is 4.74 Å². The van der Waals surface area contributed by atoms with Gasteiger partial charge in [0.05, 0.1) is 0 Å². The first kappa shape index (κ1) is 14.0. The van der Waals surface area contributed by atoms with Crippen LogP contribution in [0.2, 0.25) is 0 Å². The second-order valence-corrected chi connectivity index (χ2v) is 4.82. The number of ether oxygens (including phenoxy) is 1.